The fourth-order valence-corrected chi connectivity index (χ4v) is 2.82. The molecule has 0 saturated heterocycles. The quantitative estimate of drug-likeness (QED) is 0.202. The first kappa shape index (κ1) is 26.1. The molecule has 0 saturated carbocycles. The number of methoxy groups -OCH3 is 2. The van der Waals surface area contributed by atoms with Gasteiger partial charge in [0.15, 0.2) is 17.5 Å². The smallest absolute Gasteiger partial charge is 0.203 e. The van der Waals surface area contributed by atoms with Crippen molar-refractivity contribution in [2.45, 2.75) is 26.8 Å². The van der Waals surface area contributed by atoms with Gasteiger partial charge in [-0.25, -0.2) is 9.98 Å². The van der Waals surface area contributed by atoms with Gasteiger partial charge >= 0.3 is 0 Å². The van der Waals surface area contributed by atoms with Crippen LogP contribution in [0.5, 0.6) is 17.2 Å². The Morgan fingerprint density at radius 1 is 1.07 bits per heavy atom. The topological polar surface area (TPSA) is 77.0 Å². The van der Waals surface area contributed by atoms with Crippen molar-refractivity contribution in [2.24, 2.45) is 4.99 Å². The molecule has 0 radical (unpaired) electrons. The predicted octanol–water partition coefficient (Wildman–Crippen LogP) is 4.07. The zero-order valence-electron chi connectivity index (χ0n) is 17.8. The van der Waals surface area contributed by atoms with E-state index < -0.39 is 0 Å². The van der Waals surface area contributed by atoms with E-state index in [1.165, 1.54) is 0 Å². The third-order valence-corrected chi connectivity index (χ3v) is 4.29. The van der Waals surface area contributed by atoms with Crippen molar-refractivity contribution >= 4 is 41.5 Å². The second-order valence-electron chi connectivity index (χ2n) is 6.12. The van der Waals surface area contributed by atoms with Crippen molar-refractivity contribution < 1.29 is 14.2 Å². The zero-order valence-corrected chi connectivity index (χ0v) is 20.9. The minimum Gasteiger partial charge on any atom is -0.493 e. The molecular weight excluding hydrogens is 519 g/mol. The highest BCUT2D eigenvalue weighted by atomic mass is 127. The lowest BCUT2D eigenvalue weighted by Crippen LogP contribution is -2.38. The predicted molar refractivity (Wildman–Crippen MR) is 132 cm³/mol. The summed E-state index contributed by atoms with van der Waals surface area (Å²) in [5.41, 5.74) is 2.07. The van der Waals surface area contributed by atoms with Crippen molar-refractivity contribution in [3.8, 4) is 17.2 Å². The average molecular weight is 549 g/mol. The van der Waals surface area contributed by atoms with Gasteiger partial charge in [0.05, 0.1) is 27.4 Å². The number of hydrogen-bond acceptors (Lipinski definition) is 5. The second-order valence-corrected chi connectivity index (χ2v) is 6.51. The normalized spacial score (nSPS) is 10.8. The highest BCUT2D eigenvalue weighted by Crippen LogP contribution is 2.38. The van der Waals surface area contributed by atoms with E-state index in [4.69, 9.17) is 25.8 Å². The van der Waals surface area contributed by atoms with E-state index in [1.807, 2.05) is 32.0 Å². The van der Waals surface area contributed by atoms with Gasteiger partial charge in [-0.15, -0.1) is 24.0 Å². The van der Waals surface area contributed by atoms with Crippen LogP contribution in [0.3, 0.4) is 0 Å². The van der Waals surface area contributed by atoms with Gasteiger partial charge < -0.3 is 24.8 Å². The largest absolute Gasteiger partial charge is 0.493 e. The van der Waals surface area contributed by atoms with Gasteiger partial charge in [-0.05, 0) is 49.6 Å². The second kappa shape index (κ2) is 14.1. The average Bonchev–Trinajstić information content (AvgIpc) is 2.74. The molecule has 0 bridgehead atoms. The van der Waals surface area contributed by atoms with E-state index in [0.29, 0.717) is 35.6 Å². The molecule has 7 nitrogen and oxygen atoms in total. The Labute approximate surface area is 200 Å². The molecule has 9 heteroatoms. The van der Waals surface area contributed by atoms with Crippen LogP contribution in [0.25, 0.3) is 0 Å². The fraction of sp³-hybridized carbons (Fsp3) is 0.429. The van der Waals surface area contributed by atoms with E-state index in [2.05, 4.69) is 20.6 Å². The van der Waals surface area contributed by atoms with E-state index >= 15 is 0 Å². The monoisotopic (exact) mass is 548 g/mol. The molecule has 2 rings (SSSR count). The first-order valence-corrected chi connectivity index (χ1v) is 9.99. The molecule has 1 aromatic heterocycles. The van der Waals surface area contributed by atoms with Gasteiger partial charge in [0, 0.05) is 19.3 Å². The Bertz CT molecular complexity index is 778. The first-order chi connectivity index (χ1) is 14.1. The molecule has 0 spiro atoms. The summed E-state index contributed by atoms with van der Waals surface area (Å²) in [5.74, 6) is 2.60. The Balaban J connectivity index is 0.00000450. The Morgan fingerprint density at radius 3 is 2.30 bits per heavy atom. The number of halogens is 2. The molecule has 1 aromatic carbocycles. The Hall–Kier alpha value is -1.94. The number of pyridine rings is 1. The van der Waals surface area contributed by atoms with Crippen LogP contribution in [0.2, 0.25) is 5.15 Å². The third kappa shape index (κ3) is 8.06. The minimum absolute atomic E-state index is 0. The maximum atomic E-state index is 5.83. The number of benzene rings is 1. The first-order valence-electron chi connectivity index (χ1n) is 9.61. The molecule has 1 heterocycles. The van der Waals surface area contributed by atoms with Crippen LogP contribution in [0, 0.1) is 0 Å². The summed E-state index contributed by atoms with van der Waals surface area (Å²) < 4.78 is 16.6. The molecule has 0 amide bonds. The Kier molecular flexibility index (Phi) is 12.3. The molecule has 0 aliphatic carbocycles. The molecule has 2 N–H and O–H groups in total. The van der Waals surface area contributed by atoms with Crippen LogP contribution in [-0.4, -0.2) is 44.9 Å². The summed E-state index contributed by atoms with van der Waals surface area (Å²) in [5, 5.41) is 7.08. The van der Waals surface area contributed by atoms with Crippen LogP contribution in [0.1, 0.15) is 25.0 Å². The third-order valence-electron chi connectivity index (χ3n) is 4.07. The number of hydrogen-bond donors (Lipinski definition) is 2. The van der Waals surface area contributed by atoms with E-state index in [-0.39, 0.29) is 24.0 Å². The van der Waals surface area contributed by atoms with Gasteiger partial charge in [0.1, 0.15) is 5.15 Å². The van der Waals surface area contributed by atoms with E-state index in [1.54, 1.807) is 26.5 Å². The molecule has 0 aliphatic heterocycles. The molecule has 0 unspecified atom stereocenters. The summed E-state index contributed by atoms with van der Waals surface area (Å²) in [4.78, 5) is 8.76. The highest BCUT2D eigenvalue weighted by molar-refractivity contribution is 14.0. The van der Waals surface area contributed by atoms with Crippen molar-refractivity contribution in [2.75, 3.05) is 33.9 Å². The minimum atomic E-state index is 0. The number of nitrogens with one attached hydrogen (secondary N) is 2. The SMILES string of the molecule is CCNC(=NCc1cc(OC)c(OCC)c(OC)c1)NCCc1ccc(Cl)nc1.I. The number of ether oxygens (including phenoxy) is 3. The van der Waals surface area contributed by atoms with Crippen molar-refractivity contribution in [3.63, 3.8) is 0 Å². The van der Waals surface area contributed by atoms with Gasteiger partial charge in [0.2, 0.25) is 5.75 Å². The Morgan fingerprint density at radius 2 is 1.77 bits per heavy atom. The number of rotatable bonds is 10. The maximum absolute atomic E-state index is 5.83. The van der Waals surface area contributed by atoms with E-state index in [0.717, 1.165) is 36.6 Å². The van der Waals surface area contributed by atoms with Gasteiger partial charge in [-0.2, -0.15) is 0 Å². The summed E-state index contributed by atoms with van der Waals surface area (Å²) in [7, 11) is 3.23. The number of nitrogens with zero attached hydrogens (tertiary/aromatic N) is 2. The molecule has 166 valence electrons. The molecule has 2 aromatic rings. The van der Waals surface area contributed by atoms with Crippen LogP contribution in [-0.2, 0) is 13.0 Å². The summed E-state index contributed by atoms with van der Waals surface area (Å²) in [6, 6.07) is 7.60. The van der Waals surface area contributed by atoms with Crippen molar-refractivity contribution in [1.29, 1.82) is 0 Å². The molecule has 0 atom stereocenters. The fourth-order valence-electron chi connectivity index (χ4n) is 2.70. The van der Waals surface area contributed by atoms with Crippen LogP contribution < -0.4 is 24.8 Å². The lowest BCUT2D eigenvalue weighted by atomic mass is 10.2. The van der Waals surface area contributed by atoms with Crippen molar-refractivity contribution in [1.82, 2.24) is 15.6 Å². The van der Waals surface area contributed by atoms with Crippen molar-refractivity contribution in [3.05, 3.63) is 46.7 Å². The standard InChI is InChI=1S/C21H29ClN4O3.HI/c1-5-23-21(24-10-9-15-7-8-19(22)25-13-15)26-14-16-11-17(27-3)20(29-6-2)18(12-16)28-4;/h7-8,11-13H,5-6,9-10,14H2,1-4H3,(H2,23,24,26);1H. The molecule has 0 fully saturated rings. The number of aliphatic imine (C=N–C) groups is 1. The zero-order chi connectivity index (χ0) is 21.1. The highest BCUT2D eigenvalue weighted by Gasteiger charge is 2.13. The van der Waals surface area contributed by atoms with Crippen LogP contribution in [0.15, 0.2) is 35.5 Å². The molecule has 30 heavy (non-hydrogen) atoms. The van der Waals surface area contributed by atoms with Gasteiger partial charge in [-0.1, -0.05) is 17.7 Å². The molecular formula is C21H30ClIN4O3. The summed E-state index contributed by atoms with van der Waals surface area (Å²) >= 11 is 5.83. The number of guanidine groups is 1. The maximum Gasteiger partial charge on any atom is 0.203 e. The number of aromatic nitrogens is 1. The lowest BCUT2D eigenvalue weighted by Gasteiger charge is -2.15. The summed E-state index contributed by atoms with van der Waals surface area (Å²) in [6.07, 6.45) is 2.60. The van der Waals surface area contributed by atoms with Crippen LogP contribution in [0.4, 0.5) is 0 Å². The lowest BCUT2D eigenvalue weighted by molar-refractivity contribution is 0.288. The van der Waals surface area contributed by atoms with Gasteiger partial charge in [0.25, 0.3) is 0 Å². The molecule has 0 aliphatic rings. The summed E-state index contributed by atoms with van der Waals surface area (Å²) in [6.45, 7) is 6.45. The van der Waals surface area contributed by atoms with Gasteiger partial charge in [-0.3, -0.25) is 0 Å². The van der Waals surface area contributed by atoms with E-state index in [9.17, 15) is 0 Å². The van der Waals surface area contributed by atoms with Crippen LogP contribution >= 0.6 is 35.6 Å².